The Morgan fingerprint density at radius 1 is 1.42 bits per heavy atom. The van der Waals surface area contributed by atoms with Gasteiger partial charge in [-0.15, -0.1) is 0 Å². The topological polar surface area (TPSA) is 153 Å². The number of nitrogens with zero attached hydrogens (tertiary/aromatic N) is 1. The maximum atomic E-state index is 11.7. The molecule has 104 valence electrons. The predicted octanol–water partition coefficient (Wildman–Crippen LogP) is -0.715. The van der Waals surface area contributed by atoms with Crippen LogP contribution in [0.2, 0.25) is 0 Å². The van der Waals surface area contributed by atoms with E-state index in [1.54, 1.807) is 0 Å². The van der Waals surface area contributed by atoms with E-state index in [0.717, 1.165) is 24.3 Å². The number of rotatable bonds is 6. The normalized spacial score (nSPS) is 12.9. The zero-order chi connectivity index (χ0) is 14.6. The van der Waals surface area contributed by atoms with E-state index in [1.807, 2.05) is 4.72 Å². The molecule has 0 aliphatic carbocycles. The molecule has 1 atom stereocenters. The summed E-state index contributed by atoms with van der Waals surface area (Å²) in [6.07, 6.45) is 0. The molecular formula is C9H11N3O6S. The number of aliphatic carboxylic acids is 1. The van der Waals surface area contributed by atoms with Gasteiger partial charge in [0.15, 0.2) is 0 Å². The van der Waals surface area contributed by atoms with Crippen molar-refractivity contribution in [2.75, 3.05) is 6.54 Å². The quantitative estimate of drug-likeness (QED) is 0.461. The van der Waals surface area contributed by atoms with Crippen LogP contribution in [-0.2, 0) is 14.8 Å². The number of carbonyl (C=O) groups is 1. The molecule has 0 aliphatic rings. The highest BCUT2D eigenvalue weighted by molar-refractivity contribution is 7.89. The third kappa shape index (κ3) is 3.98. The molecule has 19 heavy (non-hydrogen) atoms. The van der Waals surface area contributed by atoms with Crippen molar-refractivity contribution in [3.8, 4) is 0 Å². The lowest BCUT2D eigenvalue weighted by Gasteiger charge is -2.09. The number of nitrogens with one attached hydrogen (secondary N) is 1. The summed E-state index contributed by atoms with van der Waals surface area (Å²) in [4.78, 5) is 20.0. The zero-order valence-corrected chi connectivity index (χ0v) is 10.3. The molecule has 0 fully saturated rings. The molecule has 0 aliphatic heterocycles. The third-order valence-corrected chi connectivity index (χ3v) is 3.61. The van der Waals surface area contributed by atoms with Crippen LogP contribution in [-0.4, -0.2) is 37.0 Å². The maximum absolute atomic E-state index is 11.7. The van der Waals surface area contributed by atoms with Crippen molar-refractivity contribution in [3.05, 3.63) is 34.4 Å². The van der Waals surface area contributed by atoms with E-state index >= 15 is 0 Å². The Morgan fingerprint density at radius 3 is 2.37 bits per heavy atom. The first-order valence-electron chi connectivity index (χ1n) is 4.96. The van der Waals surface area contributed by atoms with Crippen molar-refractivity contribution in [2.24, 2.45) is 5.73 Å². The highest BCUT2D eigenvalue weighted by Gasteiger charge is 2.19. The second-order valence-electron chi connectivity index (χ2n) is 3.55. The Bertz CT molecular complexity index is 582. The van der Waals surface area contributed by atoms with Crippen molar-refractivity contribution < 1.29 is 23.2 Å². The van der Waals surface area contributed by atoms with E-state index in [4.69, 9.17) is 10.8 Å². The van der Waals surface area contributed by atoms with Gasteiger partial charge in [0.1, 0.15) is 6.04 Å². The lowest BCUT2D eigenvalue weighted by Crippen LogP contribution is -2.42. The minimum Gasteiger partial charge on any atom is -0.480 e. The highest BCUT2D eigenvalue weighted by Crippen LogP contribution is 2.15. The molecule has 0 heterocycles. The Labute approximate surface area is 108 Å². The van der Waals surface area contributed by atoms with Gasteiger partial charge in [-0.2, -0.15) is 0 Å². The van der Waals surface area contributed by atoms with Gasteiger partial charge < -0.3 is 10.8 Å². The molecule has 10 heteroatoms. The van der Waals surface area contributed by atoms with Crippen LogP contribution in [0.15, 0.2) is 29.2 Å². The first-order chi connectivity index (χ1) is 8.74. The number of nitro benzene ring substituents is 1. The van der Waals surface area contributed by atoms with E-state index in [9.17, 15) is 23.3 Å². The largest absolute Gasteiger partial charge is 0.480 e. The van der Waals surface area contributed by atoms with Gasteiger partial charge in [-0.3, -0.25) is 14.9 Å². The van der Waals surface area contributed by atoms with E-state index in [2.05, 4.69) is 0 Å². The van der Waals surface area contributed by atoms with Crippen LogP contribution < -0.4 is 10.5 Å². The summed E-state index contributed by atoms with van der Waals surface area (Å²) in [5, 5.41) is 18.9. The fraction of sp³-hybridized carbons (Fsp3) is 0.222. The summed E-state index contributed by atoms with van der Waals surface area (Å²) in [6.45, 7) is -0.478. The van der Waals surface area contributed by atoms with Crippen molar-refractivity contribution in [1.29, 1.82) is 0 Å². The van der Waals surface area contributed by atoms with Crippen LogP contribution in [0.4, 0.5) is 5.69 Å². The number of sulfonamides is 1. The van der Waals surface area contributed by atoms with Gasteiger partial charge in [-0.25, -0.2) is 13.1 Å². The summed E-state index contributed by atoms with van der Waals surface area (Å²) in [5.74, 6) is -1.34. The maximum Gasteiger partial charge on any atom is 0.321 e. The monoisotopic (exact) mass is 289 g/mol. The molecule has 0 amide bonds. The smallest absolute Gasteiger partial charge is 0.321 e. The number of hydrogen-bond donors (Lipinski definition) is 3. The van der Waals surface area contributed by atoms with Gasteiger partial charge >= 0.3 is 5.97 Å². The van der Waals surface area contributed by atoms with Gasteiger partial charge in [0.2, 0.25) is 10.0 Å². The lowest BCUT2D eigenvalue weighted by atomic mass is 10.3. The summed E-state index contributed by atoms with van der Waals surface area (Å²) < 4.78 is 25.4. The van der Waals surface area contributed by atoms with Gasteiger partial charge in [-0.1, -0.05) is 0 Å². The molecule has 0 saturated heterocycles. The molecule has 1 aromatic carbocycles. The molecular weight excluding hydrogens is 278 g/mol. The Hall–Kier alpha value is -2.04. The van der Waals surface area contributed by atoms with Crippen molar-refractivity contribution in [2.45, 2.75) is 10.9 Å². The van der Waals surface area contributed by atoms with Crippen LogP contribution >= 0.6 is 0 Å². The van der Waals surface area contributed by atoms with Crippen molar-refractivity contribution in [1.82, 2.24) is 4.72 Å². The minimum atomic E-state index is -3.95. The number of hydrogen-bond acceptors (Lipinski definition) is 6. The van der Waals surface area contributed by atoms with Crippen LogP contribution in [0.3, 0.4) is 0 Å². The summed E-state index contributed by atoms with van der Waals surface area (Å²) >= 11 is 0. The third-order valence-electron chi connectivity index (χ3n) is 2.17. The second kappa shape index (κ2) is 5.73. The number of carboxylic acid groups (broad SMARTS) is 1. The first-order valence-corrected chi connectivity index (χ1v) is 6.45. The Balaban J connectivity index is 2.83. The number of nitro groups is 1. The lowest BCUT2D eigenvalue weighted by molar-refractivity contribution is -0.384. The van der Waals surface area contributed by atoms with Gasteiger partial charge in [0.25, 0.3) is 5.69 Å². The molecule has 9 nitrogen and oxygen atoms in total. The van der Waals surface area contributed by atoms with E-state index in [-0.39, 0.29) is 10.6 Å². The first kappa shape index (κ1) is 15.0. The van der Waals surface area contributed by atoms with E-state index in [0.29, 0.717) is 0 Å². The number of non-ortho nitro benzene ring substituents is 1. The summed E-state index contributed by atoms with van der Waals surface area (Å²) in [5.41, 5.74) is 4.90. The molecule has 1 rings (SSSR count). The molecule has 0 unspecified atom stereocenters. The number of benzene rings is 1. The van der Waals surface area contributed by atoms with Crippen LogP contribution in [0.25, 0.3) is 0 Å². The second-order valence-corrected chi connectivity index (χ2v) is 5.31. The van der Waals surface area contributed by atoms with Crippen LogP contribution in [0.5, 0.6) is 0 Å². The molecule has 0 radical (unpaired) electrons. The Kier molecular flexibility index (Phi) is 4.53. The molecule has 0 spiro atoms. The van der Waals surface area contributed by atoms with Crippen molar-refractivity contribution in [3.63, 3.8) is 0 Å². The van der Waals surface area contributed by atoms with Crippen LogP contribution in [0.1, 0.15) is 0 Å². The molecule has 0 aromatic heterocycles. The summed E-state index contributed by atoms with van der Waals surface area (Å²) in [7, 11) is -3.95. The zero-order valence-electron chi connectivity index (χ0n) is 9.52. The summed E-state index contributed by atoms with van der Waals surface area (Å²) in [6, 6.07) is 2.80. The van der Waals surface area contributed by atoms with E-state index < -0.39 is 33.5 Å². The van der Waals surface area contributed by atoms with Crippen LogP contribution in [0, 0.1) is 10.1 Å². The van der Waals surface area contributed by atoms with Gasteiger partial charge in [-0.05, 0) is 12.1 Å². The average molecular weight is 289 g/mol. The molecule has 4 N–H and O–H groups in total. The number of carboxylic acids is 1. The molecule has 0 bridgehead atoms. The predicted molar refractivity (Wildman–Crippen MR) is 63.9 cm³/mol. The highest BCUT2D eigenvalue weighted by atomic mass is 32.2. The number of nitrogens with two attached hydrogens (primary N) is 1. The minimum absolute atomic E-state index is 0.212. The molecule has 1 aromatic rings. The SMILES string of the molecule is N[C@H](CNS(=O)(=O)c1ccc([N+](=O)[O-])cc1)C(=O)O. The van der Waals surface area contributed by atoms with Gasteiger partial charge in [0, 0.05) is 18.7 Å². The van der Waals surface area contributed by atoms with Crippen molar-refractivity contribution >= 4 is 21.7 Å². The fourth-order valence-electron chi connectivity index (χ4n) is 1.12. The standard InChI is InChI=1S/C9H11N3O6S/c10-8(9(13)14)5-11-19(17,18)7-3-1-6(2-4-7)12(15)16/h1-4,8,11H,5,10H2,(H,13,14)/t8-/m1/s1. The Morgan fingerprint density at radius 2 is 1.95 bits per heavy atom. The average Bonchev–Trinajstić information content (AvgIpc) is 2.36. The van der Waals surface area contributed by atoms with E-state index in [1.165, 1.54) is 0 Å². The van der Waals surface area contributed by atoms with Gasteiger partial charge in [0.05, 0.1) is 9.82 Å². The fourth-order valence-corrected chi connectivity index (χ4v) is 2.18. The molecule has 0 saturated carbocycles.